The molecule has 5 rings (SSSR count). The van der Waals surface area contributed by atoms with Gasteiger partial charge in [-0.25, -0.2) is 0 Å². The number of carbonyl (C=O) groups excluding carboxylic acids is 2. The number of allylic oxidation sites excluding steroid dienone is 1. The monoisotopic (exact) mass is 302 g/mol. The smallest absolute Gasteiger partial charge is 0.317 e. The first-order valence-corrected chi connectivity index (χ1v) is 8.53. The van der Waals surface area contributed by atoms with Gasteiger partial charge < -0.3 is 9.47 Å². The normalized spacial score (nSPS) is 51.0. The van der Waals surface area contributed by atoms with Crippen molar-refractivity contribution in [2.45, 2.75) is 70.2 Å². The highest BCUT2D eigenvalue weighted by Crippen LogP contribution is 2.81. The molecular weight excluding hydrogens is 280 g/mol. The molecule has 2 unspecified atom stereocenters. The van der Waals surface area contributed by atoms with Crippen molar-refractivity contribution in [3.05, 3.63) is 11.6 Å². The van der Waals surface area contributed by atoms with Crippen molar-refractivity contribution >= 4 is 11.8 Å². The summed E-state index contributed by atoms with van der Waals surface area (Å²) in [6.07, 6.45) is 8.27. The van der Waals surface area contributed by atoms with Gasteiger partial charge in [0.1, 0.15) is 11.0 Å². The van der Waals surface area contributed by atoms with Crippen molar-refractivity contribution < 1.29 is 19.1 Å². The minimum atomic E-state index is -0.891. The first kappa shape index (κ1) is 13.3. The summed E-state index contributed by atoms with van der Waals surface area (Å²) in [7, 11) is 0. The predicted octanol–water partition coefficient (Wildman–Crippen LogP) is 2.90. The molecule has 2 spiro atoms. The minimum Gasteiger partial charge on any atom is -0.433 e. The minimum absolute atomic E-state index is 0.0935. The summed E-state index contributed by atoms with van der Waals surface area (Å²) in [5, 5.41) is 0. The number of carbonyl (C=O) groups is 2. The zero-order chi connectivity index (χ0) is 15.4. The second-order valence-corrected chi connectivity index (χ2v) is 8.43. The zero-order valence-corrected chi connectivity index (χ0v) is 13.2. The molecule has 4 atom stereocenters. The Morgan fingerprint density at radius 1 is 1.14 bits per heavy atom. The third-order valence-corrected chi connectivity index (χ3v) is 7.05. The average molecular weight is 302 g/mol. The summed E-state index contributed by atoms with van der Waals surface area (Å²) in [4.78, 5) is 25.1. The van der Waals surface area contributed by atoms with Crippen LogP contribution in [0.4, 0.5) is 0 Å². The van der Waals surface area contributed by atoms with Crippen LogP contribution in [0.5, 0.6) is 0 Å². The molecule has 1 saturated heterocycles. The van der Waals surface area contributed by atoms with E-state index in [1.165, 1.54) is 12.0 Å². The first-order chi connectivity index (χ1) is 10.4. The van der Waals surface area contributed by atoms with Crippen LogP contribution in [0, 0.1) is 16.7 Å². The van der Waals surface area contributed by atoms with Gasteiger partial charge in [-0.1, -0.05) is 18.4 Å². The molecule has 1 aliphatic heterocycles. The summed E-state index contributed by atoms with van der Waals surface area (Å²) < 4.78 is 12.2. The number of hydrogen-bond donors (Lipinski definition) is 0. The van der Waals surface area contributed by atoms with Gasteiger partial charge in [-0.05, 0) is 37.7 Å². The van der Waals surface area contributed by atoms with Crippen molar-refractivity contribution in [3.8, 4) is 0 Å². The van der Waals surface area contributed by atoms with Gasteiger partial charge in [0.05, 0.1) is 0 Å². The number of hydrogen-bond acceptors (Lipinski definition) is 4. The Hall–Kier alpha value is -1.16. The third kappa shape index (κ3) is 1.13. The van der Waals surface area contributed by atoms with Crippen molar-refractivity contribution in [1.29, 1.82) is 0 Å². The average Bonchev–Trinajstić information content (AvgIpc) is 2.76. The van der Waals surface area contributed by atoms with E-state index in [-0.39, 0.29) is 17.2 Å². The lowest BCUT2D eigenvalue weighted by molar-refractivity contribution is -0.389. The third-order valence-electron chi connectivity index (χ3n) is 7.05. The van der Waals surface area contributed by atoms with Crippen molar-refractivity contribution in [1.82, 2.24) is 0 Å². The van der Waals surface area contributed by atoms with Gasteiger partial charge in [0.25, 0.3) is 0 Å². The highest BCUT2D eigenvalue weighted by molar-refractivity contribution is 5.97. The van der Waals surface area contributed by atoms with Crippen LogP contribution in [0.25, 0.3) is 0 Å². The Morgan fingerprint density at radius 2 is 1.95 bits per heavy atom. The number of ether oxygens (including phenoxy) is 2. The SMILES string of the molecule is CC1(C)OC(=O)C23CC4=CC(=O)C[C@]45CCCC[C@H](C2)C35O1. The van der Waals surface area contributed by atoms with Crippen LogP contribution in [-0.2, 0) is 19.1 Å². The maximum Gasteiger partial charge on any atom is 0.317 e. The molecule has 4 nitrogen and oxygen atoms in total. The maximum absolute atomic E-state index is 12.9. The zero-order valence-electron chi connectivity index (χ0n) is 13.2. The number of rotatable bonds is 0. The van der Waals surface area contributed by atoms with Gasteiger partial charge >= 0.3 is 5.97 Å². The molecule has 0 aromatic carbocycles. The molecular formula is C18H22O4. The Balaban J connectivity index is 1.78. The summed E-state index contributed by atoms with van der Waals surface area (Å²) in [6, 6.07) is 0. The summed E-state index contributed by atoms with van der Waals surface area (Å²) in [6.45, 7) is 3.67. The predicted molar refractivity (Wildman–Crippen MR) is 77.8 cm³/mol. The molecule has 1 heterocycles. The van der Waals surface area contributed by atoms with E-state index >= 15 is 0 Å². The van der Waals surface area contributed by atoms with Gasteiger partial charge in [0, 0.05) is 25.7 Å². The molecule has 0 amide bonds. The van der Waals surface area contributed by atoms with Gasteiger partial charge in [0.15, 0.2) is 5.78 Å². The van der Waals surface area contributed by atoms with Crippen LogP contribution in [0.15, 0.2) is 11.6 Å². The summed E-state index contributed by atoms with van der Waals surface area (Å²) in [5.74, 6) is -0.383. The molecule has 118 valence electrons. The Morgan fingerprint density at radius 3 is 2.77 bits per heavy atom. The first-order valence-electron chi connectivity index (χ1n) is 8.53. The van der Waals surface area contributed by atoms with E-state index < -0.39 is 16.8 Å². The fourth-order valence-corrected chi connectivity index (χ4v) is 6.61. The lowest BCUT2D eigenvalue weighted by Gasteiger charge is -2.67. The second-order valence-electron chi connectivity index (χ2n) is 8.43. The molecule has 0 N–H and O–H groups in total. The molecule has 4 heteroatoms. The van der Waals surface area contributed by atoms with E-state index in [0.717, 1.165) is 25.7 Å². The largest absolute Gasteiger partial charge is 0.433 e. The van der Waals surface area contributed by atoms with Crippen molar-refractivity contribution in [3.63, 3.8) is 0 Å². The molecule has 3 saturated carbocycles. The fourth-order valence-electron chi connectivity index (χ4n) is 6.61. The van der Waals surface area contributed by atoms with Gasteiger partial charge in [-0.3, -0.25) is 9.59 Å². The Bertz CT molecular complexity index is 647. The Kier molecular flexibility index (Phi) is 2.12. The van der Waals surface area contributed by atoms with Crippen molar-refractivity contribution in [2.75, 3.05) is 0 Å². The van der Waals surface area contributed by atoms with Crippen LogP contribution >= 0.6 is 0 Å². The van der Waals surface area contributed by atoms with Crippen LogP contribution in [0.1, 0.15) is 58.8 Å². The van der Waals surface area contributed by atoms with Crippen LogP contribution in [0.3, 0.4) is 0 Å². The summed E-state index contributed by atoms with van der Waals surface area (Å²) in [5.41, 5.74) is -0.0750. The fraction of sp³-hybridized carbons (Fsp3) is 0.778. The number of esters is 1. The number of ketones is 1. The lowest BCUT2D eigenvalue weighted by Crippen LogP contribution is -2.76. The highest BCUT2D eigenvalue weighted by atomic mass is 16.7. The van der Waals surface area contributed by atoms with Crippen molar-refractivity contribution in [2.24, 2.45) is 16.7 Å². The highest BCUT2D eigenvalue weighted by Gasteiger charge is 2.86. The standard InChI is InChI=1S/C18H22O4/c1-15(2)21-14(20)17-8-11-5-3-4-6-16(18(11,17)22-15)10-13(19)7-12(16)9-17/h7,11H,3-6,8-10H2,1-2H3/t11-,16-,17?,18?/m1/s1. The van der Waals surface area contributed by atoms with Crippen LogP contribution in [0.2, 0.25) is 0 Å². The van der Waals surface area contributed by atoms with E-state index in [9.17, 15) is 9.59 Å². The van der Waals surface area contributed by atoms with E-state index in [4.69, 9.17) is 9.47 Å². The van der Waals surface area contributed by atoms with Gasteiger partial charge in [0.2, 0.25) is 5.79 Å². The molecule has 0 radical (unpaired) electrons. The summed E-state index contributed by atoms with van der Waals surface area (Å²) >= 11 is 0. The molecule has 4 fully saturated rings. The molecule has 0 aromatic heterocycles. The van der Waals surface area contributed by atoms with E-state index in [0.29, 0.717) is 18.8 Å². The lowest BCUT2D eigenvalue weighted by atomic mass is 9.45. The molecule has 0 aromatic rings. The molecule has 0 bridgehead atoms. The second kappa shape index (κ2) is 3.50. The molecule has 4 aliphatic carbocycles. The van der Waals surface area contributed by atoms with E-state index in [2.05, 4.69) is 0 Å². The quantitative estimate of drug-likeness (QED) is 0.646. The molecule has 5 aliphatic rings. The molecule has 22 heavy (non-hydrogen) atoms. The van der Waals surface area contributed by atoms with Gasteiger partial charge in [-0.15, -0.1) is 0 Å². The Labute approximate surface area is 130 Å². The number of cyclic esters (lactones) is 1. The van der Waals surface area contributed by atoms with Crippen LogP contribution in [-0.4, -0.2) is 23.1 Å². The van der Waals surface area contributed by atoms with Gasteiger partial charge in [-0.2, -0.15) is 0 Å². The van der Waals surface area contributed by atoms with E-state index in [1.807, 2.05) is 19.9 Å². The maximum atomic E-state index is 12.9. The van der Waals surface area contributed by atoms with Crippen LogP contribution < -0.4 is 0 Å². The topological polar surface area (TPSA) is 52.6 Å². The van der Waals surface area contributed by atoms with E-state index in [1.54, 1.807) is 0 Å².